The van der Waals surface area contributed by atoms with Crippen LogP contribution < -0.4 is 5.32 Å². The van der Waals surface area contributed by atoms with E-state index in [4.69, 9.17) is 5.11 Å². The molecule has 17 heavy (non-hydrogen) atoms. The van der Waals surface area contributed by atoms with E-state index in [0.717, 1.165) is 19.3 Å². The number of carboxylic acid groups (broad SMARTS) is 1. The number of nitrogens with zero attached hydrogens (tertiary/aromatic N) is 1. The first-order chi connectivity index (χ1) is 8.15. The molecule has 0 bridgehead atoms. The average Bonchev–Trinajstić information content (AvgIpc) is 2.35. The maximum Gasteiger partial charge on any atom is 0.326 e. The number of aliphatic carboxylic acids is 1. The maximum atomic E-state index is 11.8. The monoisotopic (exact) mass is 240 g/mol. The maximum absolute atomic E-state index is 11.8. The quantitative estimate of drug-likeness (QED) is 0.717. The summed E-state index contributed by atoms with van der Waals surface area (Å²) >= 11 is 0. The van der Waals surface area contributed by atoms with E-state index in [1.165, 1.54) is 0 Å². The highest BCUT2D eigenvalue weighted by Crippen LogP contribution is 2.05. The summed E-state index contributed by atoms with van der Waals surface area (Å²) in [6.45, 7) is 3.21. The minimum Gasteiger partial charge on any atom is -0.480 e. The van der Waals surface area contributed by atoms with Gasteiger partial charge in [0.05, 0.1) is 0 Å². The van der Waals surface area contributed by atoms with E-state index in [1.54, 1.807) is 4.90 Å². The number of nitrogens with one attached hydrogen (secondary N) is 1. The largest absolute Gasteiger partial charge is 0.480 e. The lowest BCUT2D eigenvalue weighted by Gasteiger charge is -2.25. The van der Waals surface area contributed by atoms with Crippen LogP contribution in [-0.4, -0.2) is 41.1 Å². The third-order valence-electron chi connectivity index (χ3n) is 2.79. The summed E-state index contributed by atoms with van der Waals surface area (Å²) in [5.74, 6) is -0.959. The number of unbranched alkanes of at least 4 members (excludes halogenated alkanes) is 1. The Labute approximate surface area is 101 Å². The topological polar surface area (TPSA) is 69.6 Å². The number of hydrogen-bond donors (Lipinski definition) is 2. The molecule has 5 heteroatoms. The van der Waals surface area contributed by atoms with Gasteiger partial charge >= 0.3 is 12.0 Å². The number of rotatable bonds is 5. The van der Waals surface area contributed by atoms with E-state index in [-0.39, 0.29) is 6.03 Å². The van der Waals surface area contributed by atoms with E-state index < -0.39 is 12.0 Å². The molecule has 0 aromatic carbocycles. The Hall–Kier alpha value is -1.52. The van der Waals surface area contributed by atoms with Crippen LogP contribution in [0.15, 0.2) is 12.2 Å². The van der Waals surface area contributed by atoms with E-state index in [9.17, 15) is 9.59 Å². The number of carbonyl (C=O) groups is 2. The van der Waals surface area contributed by atoms with Crippen LogP contribution in [0.25, 0.3) is 0 Å². The number of hydrogen-bond acceptors (Lipinski definition) is 2. The zero-order valence-corrected chi connectivity index (χ0v) is 10.2. The van der Waals surface area contributed by atoms with Gasteiger partial charge in [-0.05, 0) is 12.8 Å². The fraction of sp³-hybridized carbons (Fsp3) is 0.667. The van der Waals surface area contributed by atoms with E-state index in [2.05, 4.69) is 5.32 Å². The van der Waals surface area contributed by atoms with Crippen molar-refractivity contribution in [3.8, 4) is 0 Å². The number of carboxylic acids is 1. The van der Waals surface area contributed by atoms with Crippen LogP contribution in [-0.2, 0) is 4.79 Å². The highest BCUT2D eigenvalue weighted by molar-refractivity contribution is 5.82. The van der Waals surface area contributed by atoms with Gasteiger partial charge in [0.25, 0.3) is 0 Å². The first-order valence-corrected chi connectivity index (χ1v) is 6.08. The van der Waals surface area contributed by atoms with Crippen molar-refractivity contribution in [3.63, 3.8) is 0 Å². The van der Waals surface area contributed by atoms with Crippen LogP contribution in [0.5, 0.6) is 0 Å². The molecule has 0 radical (unpaired) electrons. The smallest absolute Gasteiger partial charge is 0.326 e. The number of carbonyl (C=O) groups excluding carboxylic acids is 1. The van der Waals surface area contributed by atoms with E-state index >= 15 is 0 Å². The zero-order chi connectivity index (χ0) is 12.7. The molecule has 1 rings (SSSR count). The highest BCUT2D eigenvalue weighted by atomic mass is 16.4. The summed E-state index contributed by atoms with van der Waals surface area (Å²) in [5, 5.41) is 11.6. The van der Waals surface area contributed by atoms with Gasteiger partial charge < -0.3 is 15.3 Å². The van der Waals surface area contributed by atoms with Crippen molar-refractivity contribution in [3.05, 3.63) is 12.2 Å². The Balaban J connectivity index is 2.45. The SMILES string of the molecule is CCCCC(NC(=O)N1CC=CCC1)C(=O)O. The summed E-state index contributed by atoms with van der Waals surface area (Å²) in [5.41, 5.74) is 0. The van der Waals surface area contributed by atoms with Crippen LogP contribution >= 0.6 is 0 Å². The molecule has 2 N–H and O–H groups in total. The molecule has 5 nitrogen and oxygen atoms in total. The van der Waals surface area contributed by atoms with Crippen molar-refractivity contribution in [1.82, 2.24) is 10.2 Å². The molecule has 0 fully saturated rings. The normalized spacial score (nSPS) is 16.6. The van der Waals surface area contributed by atoms with Gasteiger partial charge in [-0.1, -0.05) is 31.9 Å². The Morgan fingerprint density at radius 3 is 2.76 bits per heavy atom. The fourth-order valence-electron chi connectivity index (χ4n) is 1.73. The first-order valence-electron chi connectivity index (χ1n) is 6.08. The first kappa shape index (κ1) is 13.5. The number of urea groups is 1. The Kier molecular flexibility index (Phi) is 5.52. The van der Waals surface area contributed by atoms with Crippen molar-refractivity contribution in [2.75, 3.05) is 13.1 Å². The average molecular weight is 240 g/mol. The van der Waals surface area contributed by atoms with Crippen molar-refractivity contribution in [1.29, 1.82) is 0 Å². The van der Waals surface area contributed by atoms with Gasteiger partial charge in [-0.3, -0.25) is 0 Å². The lowest BCUT2D eigenvalue weighted by atomic mass is 10.1. The summed E-state index contributed by atoms with van der Waals surface area (Å²) in [4.78, 5) is 24.4. The molecule has 1 heterocycles. The standard InChI is InChI=1S/C12H20N2O3/c1-2-3-7-10(11(15)16)13-12(17)14-8-5-4-6-9-14/h4-5,10H,2-3,6-9H2,1H3,(H,13,17)(H,15,16). The van der Waals surface area contributed by atoms with Crippen molar-refractivity contribution >= 4 is 12.0 Å². The Morgan fingerprint density at radius 1 is 1.47 bits per heavy atom. The molecule has 2 amide bonds. The summed E-state index contributed by atoms with van der Waals surface area (Å²) < 4.78 is 0. The molecule has 0 aliphatic carbocycles. The molecule has 0 aromatic heterocycles. The van der Waals surface area contributed by atoms with E-state index in [0.29, 0.717) is 19.5 Å². The Bertz CT molecular complexity index is 302. The minimum atomic E-state index is -0.959. The van der Waals surface area contributed by atoms with Crippen molar-refractivity contribution < 1.29 is 14.7 Å². The lowest BCUT2D eigenvalue weighted by molar-refractivity contribution is -0.139. The molecule has 0 saturated carbocycles. The predicted octanol–water partition coefficient (Wildman–Crippen LogP) is 1.60. The molecule has 0 spiro atoms. The van der Waals surface area contributed by atoms with Crippen LogP contribution in [0.2, 0.25) is 0 Å². The fourth-order valence-corrected chi connectivity index (χ4v) is 1.73. The van der Waals surface area contributed by atoms with Gasteiger partial charge in [0, 0.05) is 13.1 Å². The molecule has 1 aliphatic heterocycles. The Morgan fingerprint density at radius 2 is 2.24 bits per heavy atom. The van der Waals surface area contributed by atoms with Gasteiger partial charge in [0.1, 0.15) is 6.04 Å². The molecule has 0 aromatic rings. The highest BCUT2D eigenvalue weighted by Gasteiger charge is 2.22. The number of amides is 2. The van der Waals surface area contributed by atoms with Crippen LogP contribution in [0.1, 0.15) is 32.6 Å². The molecular weight excluding hydrogens is 220 g/mol. The van der Waals surface area contributed by atoms with Crippen molar-refractivity contribution in [2.45, 2.75) is 38.6 Å². The van der Waals surface area contributed by atoms with Gasteiger partial charge in [-0.2, -0.15) is 0 Å². The van der Waals surface area contributed by atoms with Crippen LogP contribution in [0.3, 0.4) is 0 Å². The van der Waals surface area contributed by atoms with Crippen LogP contribution in [0.4, 0.5) is 4.79 Å². The molecule has 96 valence electrons. The second-order valence-corrected chi connectivity index (χ2v) is 4.19. The molecule has 1 aliphatic rings. The third kappa shape index (κ3) is 4.46. The molecule has 1 unspecified atom stereocenters. The summed E-state index contributed by atoms with van der Waals surface area (Å²) in [7, 11) is 0. The van der Waals surface area contributed by atoms with Gasteiger partial charge in [-0.15, -0.1) is 0 Å². The van der Waals surface area contributed by atoms with Crippen LogP contribution in [0, 0.1) is 0 Å². The zero-order valence-electron chi connectivity index (χ0n) is 10.2. The second-order valence-electron chi connectivity index (χ2n) is 4.19. The van der Waals surface area contributed by atoms with Gasteiger partial charge in [0.15, 0.2) is 0 Å². The summed E-state index contributed by atoms with van der Waals surface area (Å²) in [6, 6.07) is -1.05. The second kappa shape index (κ2) is 6.93. The van der Waals surface area contributed by atoms with Gasteiger partial charge in [0.2, 0.25) is 0 Å². The molecule has 0 saturated heterocycles. The third-order valence-corrected chi connectivity index (χ3v) is 2.79. The van der Waals surface area contributed by atoms with Crippen molar-refractivity contribution in [2.24, 2.45) is 0 Å². The lowest BCUT2D eigenvalue weighted by Crippen LogP contribution is -2.48. The summed E-state index contributed by atoms with van der Waals surface area (Å²) in [6.07, 6.45) is 6.99. The minimum absolute atomic E-state index is 0.280. The predicted molar refractivity (Wildman–Crippen MR) is 64.8 cm³/mol. The van der Waals surface area contributed by atoms with E-state index in [1.807, 2.05) is 19.1 Å². The molecular formula is C12H20N2O3. The van der Waals surface area contributed by atoms with Gasteiger partial charge in [-0.25, -0.2) is 9.59 Å². The molecule has 1 atom stereocenters.